The molecule has 0 saturated heterocycles. The molecule has 2 aliphatic carbocycles. The molecule has 204 valence electrons. The van der Waals surface area contributed by atoms with E-state index in [4.69, 9.17) is 14.2 Å². The van der Waals surface area contributed by atoms with Gasteiger partial charge in [0.15, 0.2) is 29.7 Å². The van der Waals surface area contributed by atoms with Gasteiger partial charge in [0.1, 0.15) is 5.75 Å². The van der Waals surface area contributed by atoms with E-state index >= 15 is 0 Å². The first-order chi connectivity index (χ1) is 19.0. The number of nitrogens with one attached hydrogen (secondary N) is 1. The summed E-state index contributed by atoms with van der Waals surface area (Å²) in [7, 11) is 3.08. The third-order valence-corrected chi connectivity index (χ3v) is 7.66. The van der Waals surface area contributed by atoms with E-state index in [-0.39, 0.29) is 24.1 Å². The summed E-state index contributed by atoms with van der Waals surface area (Å²) in [6.07, 6.45) is 4.29. The lowest BCUT2D eigenvalue weighted by Gasteiger charge is -2.43. The van der Waals surface area contributed by atoms with Crippen LogP contribution in [0.1, 0.15) is 56.9 Å². The third kappa shape index (κ3) is 5.03. The van der Waals surface area contributed by atoms with Gasteiger partial charge in [-0.25, -0.2) is 0 Å². The van der Waals surface area contributed by atoms with Crippen molar-refractivity contribution in [2.75, 3.05) is 32.7 Å². The molecule has 0 spiro atoms. The van der Waals surface area contributed by atoms with E-state index in [1.54, 1.807) is 25.3 Å². The van der Waals surface area contributed by atoms with Crippen LogP contribution in [0.25, 0.3) is 0 Å². The van der Waals surface area contributed by atoms with E-state index in [0.29, 0.717) is 35.8 Å². The summed E-state index contributed by atoms with van der Waals surface area (Å²) in [6.45, 7) is 2.58. The zero-order valence-electron chi connectivity index (χ0n) is 22.7. The van der Waals surface area contributed by atoms with Crippen LogP contribution >= 0.6 is 0 Å². The second kappa shape index (κ2) is 11.4. The molecule has 5 rings (SSSR count). The number of benzene rings is 2. The van der Waals surface area contributed by atoms with E-state index in [1.165, 1.54) is 7.11 Å². The highest BCUT2D eigenvalue weighted by atomic mass is 16.5. The van der Waals surface area contributed by atoms with Crippen LogP contribution in [0.3, 0.4) is 0 Å². The van der Waals surface area contributed by atoms with Crippen LogP contribution in [0, 0.1) is 0 Å². The monoisotopic (exact) mass is 530 g/mol. The largest absolute Gasteiger partial charge is 0.495 e. The Hall–Kier alpha value is -4.07. The molecule has 8 nitrogen and oxygen atoms in total. The molecular formula is C31H34N2O6. The van der Waals surface area contributed by atoms with Crippen LogP contribution in [0.2, 0.25) is 0 Å². The molecule has 0 fully saturated rings. The van der Waals surface area contributed by atoms with Crippen molar-refractivity contribution in [3.8, 4) is 17.2 Å². The number of nitrogens with zero attached hydrogens (tertiary/aromatic N) is 1. The Bertz CT molecular complexity index is 1330. The third-order valence-electron chi connectivity index (χ3n) is 7.66. The molecule has 0 unspecified atom stereocenters. The lowest BCUT2D eigenvalue weighted by atomic mass is 9.71. The summed E-state index contributed by atoms with van der Waals surface area (Å²) in [5, 5.41) is 2.79. The highest BCUT2D eigenvalue weighted by Gasteiger charge is 2.43. The van der Waals surface area contributed by atoms with Crippen LogP contribution in [0.4, 0.5) is 5.69 Å². The van der Waals surface area contributed by atoms with Crippen LogP contribution < -0.4 is 19.5 Å². The van der Waals surface area contributed by atoms with Gasteiger partial charge in [0.25, 0.3) is 5.91 Å². The van der Waals surface area contributed by atoms with Crippen LogP contribution in [-0.2, 0) is 14.4 Å². The summed E-state index contributed by atoms with van der Waals surface area (Å²) >= 11 is 0. The zero-order chi connectivity index (χ0) is 27.5. The summed E-state index contributed by atoms with van der Waals surface area (Å²) in [5.74, 6) is 0.840. The number of amides is 1. The Morgan fingerprint density at radius 3 is 2.13 bits per heavy atom. The minimum absolute atomic E-state index is 0.108. The van der Waals surface area contributed by atoms with Gasteiger partial charge in [-0.3, -0.25) is 14.4 Å². The van der Waals surface area contributed by atoms with Crippen molar-refractivity contribution in [3.63, 3.8) is 0 Å². The van der Waals surface area contributed by atoms with Gasteiger partial charge in [-0.15, -0.1) is 0 Å². The number of hydrogen-bond donors (Lipinski definition) is 1. The lowest BCUT2D eigenvalue weighted by molar-refractivity contribution is -0.118. The van der Waals surface area contributed by atoms with Gasteiger partial charge in [0.05, 0.1) is 19.9 Å². The summed E-state index contributed by atoms with van der Waals surface area (Å²) in [4.78, 5) is 41.4. The highest BCUT2D eigenvalue weighted by Crippen LogP contribution is 2.49. The molecule has 3 aliphatic rings. The van der Waals surface area contributed by atoms with Crippen LogP contribution in [0.5, 0.6) is 17.2 Å². The van der Waals surface area contributed by atoms with E-state index in [2.05, 4.69) is 17.1 Å². The minimum Gasteiger partial charge on any atom is -0.495 e. The predicted molar refractivity (Wildman–Crippen MR) is 147 cm³/mol. The highest BCUT2D eigenvalue weighted by molar-refractivity contribution is 6.06. The first-order valence-corrected chi connectivity index (χ1v) is 13.5. The number of para-hydroxylation sites is 2. The van der Waals surface area contributed by atoms with Crippen molar-refractivity contribution in [2.24, 2.45) is 0 Å². The summed E-state index contributed by atoms with van der Waals surface area (Å²) < 4.78 is 16.8. The van der Waals surface area contributed by atoms with Gasteiger partial charge in [0, 0.05) is 47.8 Å². The van der Waals surface area contributed by atoms with Crippen molar-refractivity contribution >= 4 is 23.2 Å². The molecule has 0 bridgehead atoms. The van der Waals surface area contributed by atoms with Crippen molar-refractivity contribution in [1.29, 1.82) is 0 Å². The van der Waals surface area contributed by atoms with Crippen molar-refractivity contribution in [1.82, 2.24) is 4.90 Å². The normalized spacial score (nSPS) is 17.6. The second-order valence-electron chi connectivity index (χ2n) is 9.90. The number of carbonyl (C=O) groups is 3. The molecule has 2 aromatic carbocycles. The Morgan fingerprint density at radius 1 is 0.872 bits per heavy atom. The number of allylic oxidation sites excluding steroid dienone is 4. The average molecular weight is 531 g/mol. The lowest BCUT2D eigenvalue weighted by Crippen LogP contribution is -2.39. The van der Waals surface area contributed by atoms with Gasteiger partial charge in [-0.1, -0.05) is 18.2 Å². The van der Waals surface area contributed by atoms with Gasteiger partial charge in [-0.05, 0) is 62.4 Å². The molecule has 8 heteroatoms. The van der Waals surface area contributed by atoms with Gasteiger partial charge >= 0.3 is 0 Å². The Morgan fingerprint density at radius 2 is 1.51 bits per heavy atom. The van der Waals surface area contributed by atoms with E-state index in [1.807, 2.05) is 24.3 Å². The molecule has 1 amide bonds. The number of hydrogen-bond acceptors (Lipinski definition) is 7. The molecule has 0 aromatic heterocycles. The van der Waals surface area contributed by atoms with E-state index in [9.17, 15) is 14.4 Å². The molecule has 0 radical (unpaired) electrons. The molecule has 1 aliphatic heterocycles. The molecule has 2 aromatic rings. The Labute approximate surface area is 228 Å². The fraction of sp³-hybridized carbons (Fsp3) is 0.387. The van der Waals surface area contributed by atoms with Gasteiger partial charge < -0.3 is 24.4 Å². The predicted octanol–water partition coefficient (Wildman–Crippen LogP) is 5.15. The fourth-order valence-electron chi connectivity index (χ4n) is 5.99. The topological polar surface area (TPSA) is 94.2 Å². The molecule has 0 saturated carbocycles. The Balaban J connectivity index is 1.44. The number of anilines is 1. The summed E-state index contributed by atoms with van der Waals surface area (Å²) in [5.41, 5.74) is 4.96. The van der Waals surface area contributed by atoms with Crippen molar-refractivity contribution in [3.05, 3.63) is 70.6 Å². The molecule has 1 N–H and O–H groups in total. The maximum absolute atomic E-state index is 13.3. The maximum atomic E-state index is 13.3. The molecule has 39 heavy (non-hydrogen) atoms. The second-order valence-corrected chi connectivity index (χ2v) is 9.90. The first kappa shape index (κ1) is 26.5. The number of ketones is 2. The Kier molecular flexibility index (Phi) is 7.72. The molecular weight excluding hydrogens is 496 g/mol. The summed E-state index contributed by atoms with van der Waals surface area (Å²) in [6, 6.07) is 12.6. The quantitative estimate of drug-likeness (QED) is 0.504. The number of carbonyl (C=O) groups excluding carboxylic acids is 3. The standard InChI is InChI=1S/C31H34N2O6/c1-4-33-21-10-7-12-23(34)30(21)29(31-22(33)11-8-13-24(31)35)19-15-16-26(27(17-19)38-3)39-18-28(36)32-20-9-5-6-14-25(20)37-2/h5-6,9,14-17,29H,4,7-8,10-13,18H2,1-3H3,(H,32,36). The van der Waals surface area contributed by atoms with Crippen LogP contribution in [0.15, 0.2) is 65.0 Å². The first-order valence-electron chi connectivity index (χ1n) is 13.5. The van der Waals surface area contributed by atoms with E-state index in [0.717, 1.165) is 60.3 Å². The van der Waals surface area contributed by atoms with Crippen molar-refractivity contribution < 1.29 is 28.6 Å². The van der Waals surface area contributed by atoms with Crippen molar-refractivity contribution in [2.45, 2.75) is 51.4 Å². The number of rotatable bonds is 8. The molecule has 1 heterocycles. The number of methoxy groups -OCH3 is 2. The smallest absolute Gasteiger partial charge is 0.262 e. The SMILES string of the molecule is CCN1C2=C(C(=O)CCC2)C(c2ccc(OCC(=O)Nc3ccccc3OC)c(OC)c2)C2=C1CCCC2=O. The average Bonchev–Trinajstić information content (AvgIpc) is 2.95. The fourth-order valence-corrected chi connectivity index (χ4v) is 5.99. The molecule has 0 atom stereocenters. The van der Waals surface area contributed by atoms with E-state index < -0.39 is 5.92 Å². The van der Waals surface area contributed by atoms with Crippen LogP contribution in [-0.4, -0.2) is 49.7 Å². The number of Topliss-reactive ketones (excluding diaryl/α,β-unsaturated/α-hetero) is 2. The number of ether oxygens (including phenoxy) is 3. The van der Waals surface area contributed by atoms with Gasteiger partial charge in [-0.2, -0.15) is 0 Å². The maximum Gasteiger partial charge on any atom is 0.262 e. The zero-order valence-corrected chi connectivity index (χ0v) is 22.7. The van der Waals surface area contributed by atoms with Gasteiger partial charge in [0.2, 0.25) is 0 Å². The minimum atomic E-state index is -0.421.